The SMILES string of the molecule is CCC(C)(CC)C(=O)/C=C(\O)C(C)(CC)CC.Cc1[c-]c(-c2nc(C(C)C)nc3c2ccc2cc(C)c([Si](C)(C)C)c(C)c23)cc(C)c1.[Ir]. The fourth-order valence-electron chi connectivity index (χ4n) is 6.79. The maximum Gasteiger partial charge on any atom is 0.164 e. The van der Waals surface area contributed by atoms with Gasteiger partial charge >= 0.3 is 0 Å². The molecule has 4 aromatic rings. The van der Waals surface area contributed by atoms with E-state index in [-0.39, 0.29) is 48.4 Å². The fourth-order valence-corrected chi connectivity index (χ4v) is 9.30. The Balaban J connectivity index is 0.000000398. The van der Waals surface area contributed by atoms with Crippen molar-refractivity contribution in [3.05, 3.63) is 76.3 Å². The second-order valence-electron chi connectivity index (χ2n) is 15.8. The van der Waals surface area contributed by atoms with Crippen molar-refractivity contribution >= 4 is 40.7 Å². The van der Waals surface area contributed by atoms with Gasteiger partial charge in [-0.3, -0.25) is 9.78 Å². The topological polar surface area (TPSA) is 63.1 Å². The molecule has 0 aliphatic carbocycles. The molecule has 4 rings (SSSR count). The Morgan fingerprint density at radius 1 is 0.898 bits per heavy atom. The number of aliphatic hydroxyl groups is 1. The van der Waals surface area contributed by atoms with Crippen molar-refractivity contribution in [1.82, 2.24) is 9.97 Å². The minimum atomic E-state index is -1.50. The molecule has 1 aromatic heterocycles. The van der Waals surface area contributed by atoms with Crippen LogP contribution in [0.5, 0.6) is 0 Å². The summed E-state index contributed by atoms with van der Waals surface area (Å²) in [6.07, 6.45) is 4.75. The number of benzene rings is 3. The summed E-state index contributed by atoms with van der Waals surface area (Å²) in [5.41, 5.74) is 7.70. The second-order valence-corrected chi connectivity index (χ2v) is 20.8. The van der Waals surface area contributed by atoms with E-state index in [1.165, 1.54) is 33.5 Å². The predicted molar refractivity (Wildman–Crippen MR) is 210 cm³/mol. The first-order valence-electron chi connectivity index (χ1n) is 18.0. The number of carbonyl (C=O) groups excluding carboxylic acids is 1. The van der Waals surface area contributed by atoms with Gasteiger partial charge in [0.2, 0.25) is 0 Å². The van der Waals surface area contributed by atoms with Crippen LogP contribution in [0.25, 0.3) is 32.9 Å². The molecule has 49 heavy (non-hydrogen) atoms. The first-order chi connectivity index (χ1) is 22.3. The Kier molecular flexibility index (Phi) is 14.4. The standard InChI is InChI=1S/C28H33N2Si.C15H28O2.Ir/c1-16(2)28-29-25(22-13-17(3)12-18(4)14-22)23-11-10-21-15-19(5)27(31(7,8)9)20(6)24(21)26(23)30-28;1-7-14(5,8-2)12(16)11-13(17)15(6,9-3)10-4;/h10-13,15-16H,1-9H3;11,16H,7-10H2,1-6H3;/q-1;;/b;12-11-;. The van der Waals surface area contributed by atoms with Crippen LogP contribution in [0.4, 0.5) is 0 Å². The van der Waals surface area contributed by atoms with Crippen molar-refractivity contribution in [1.29, 1.82) is 0 Å². The third-order valence-electron chi connectivity index (χ3n) is 10.7. The van der Waals surface area contributed by atoms with Crippen molar-refractivity contribution in [2.45, 2.75) is 134 Å². The number of aliphatic hydroxyl groups excluding tert-OH is 1. The van der Waals surface area contributed by atoms with Gasteiger partial charge in [-0.2, -0.15) is 0 Å². The zero-order valence-electron chi connectivity index (χ0n) is 33.0. The molecule has 0 fully saturated rings. The number of hydrogen-bond acceptors (Lipinski definition) is 4. The van der Waals surface area contributed by atoms with Crippen LogP contribution in [-0.2, 0) is 24.9 Å². The molecule has 0 aliphatic rings. The van der Waals surface area contributed by atoms with Crippen LogP contribution in [0.2, 0.25) is 19.6 Å². The van der Waals surface area contributed by atoms with Crippen LogP contribution in [0.1, 0.15) is 115 Å². The molecule has 0 unspecified atom stereocenters. The van der Waals surface area contributed by atoms with E-state index in [2.05, 4.69) is 97.6 Å². The van der Waals surface area contributed by atoms with Crippen LogP contribution < -0.4 is 5.19 Å². The molecule has 0 spiro atoms. The Hall–Kier alpha value is -2.66. The van der Waals surface area contributed by atoms with Gasteiger partial charge in [-0.15, -0.1) is 34.9 Å². The molecule has 0 amide bonds. The summed E-state index contributed by atoms with van der Waals surface area (Å²) in [6.45, 7) is 32.5. The number of nitrogens with zero attached hydrogens (tertiary/aromatic N) is 2. The molecule has 0 atom stereocenters. The molecule has 6 heteroatoms. The zero-order chi connectivity index (χ0) is 36.4. The van der Waals surface area contributed by atoms with E-state index in [1.54, 1.807) is 5.19 Å². The quantitative estimate of drug-likeness (QED) is 0.0567. The van der Waals surface area contributed by atoms with Crippen LogP contribution >= 0.6 is 0 Å². The normalized spacial score (nSPS) is 12.6. The molecule has 0 saturated heterocycles. The van der Waals surface area contributed by atoms with E-state index in [0.29, 0.717) is 0 Å². The molecule has 3 aromatic carbocycles. The summed E-state index contributed by atoms with van der Waals surface area (Å²) in [5, 5.41) is 15.4. The zero-order valence-corrected chi connectivity index (χ0v) is 36.3. The maximum atomic E-state index is 12.2. The Morgan fingerprint density at radius 3 is 1.96 bits per heavy atom. The van der Waals surface area contributed by atoms with Gasteiger partial charge in [-0.05, 0) is 61.6 Å². The average Bonchev–Trinajstić information content (AvgIpc) is 3.01. The molecule has 269 valence electrons. The van der Waals surface area contributed by atoms with Crippen LogP contribution in [0.15, 0.2) is 42.2 Å². The fraction of sp³-hybridized carbons (Fsp3) is 0.512. The number of aromatic nitrogens is 2. The molecule has 4 nitrogen and oxygen atoms in total. The minimum Gasteiger partial charge on any atom is -0.512 e. The van der Waals surface area contributed by atoms with E-state index < -0.39 is 8.07 Å². The Labute approximate surface area is 312 Å². The minimum absolute atomic E-state index is 0. The summed E-state index contributed by atoms with van der Waals surface area (Å²) < 4.78 is 0. The molecule has 0 bridgehead atoms. The van der Waals surface area contributed by atoms with Gasteiger partial charge in [-0.1, -0.05) is 118 Å². The molecular formula is C43H61IrN2O2Si-. The summed E-state index contributed by atoms with van der Waals surface area (Å²) in [5.74, 6) is 1.44. The average molecular weight is 858 g/mol. The summed E-state index contributed by atoms with van der Waals surface area (Å²) in [6, 6.07) is 14.7. The largest absolute Gasteiger partial charge is 0.512 e. The molecule has 0 aliphatic heterocycles. The summed E-state index contributed by atoms with van der Waals surface area (Å²) in [4.78, 5) is 22.4. The van der Waals surface area contributed by atoms with E-state index in [1.807, 2.05) is 41.5 Å². The third-order valence-corrected chi connectivity index (χ3v) is 13.0. The summed E-state index contributed by atoms with van der Waals surface area (Å²) in [7, 11) is -1.50. The first-order valence-corrected chi connectivity index (χ1v) is 21.5. The van der Waals surface area contributed by atoms with Crippen molar-refractivity contribution in [3.63, 3.8) is 0 Å². The van der Waals surface area contributed by atoms with Crippen molar-refractivity contribution in [2.24, 2.45) is 10.8 Å². The van der Waals surface area contributed by atoms with Gasteiger partial charge in [0.25, 0.3) is 0 Å². The van der Waals surface area contributed by atoms with E-state index in [0.717, 1.165) is 59.2 Å². The number of ketones is 1. The first kappa shape index (κ1) is 42.5. The number of fused-ring (bicyclic) bond motifs is 3. The van der Waals surface area contributed by atoms with Crippen LogP contribution in [-0.4, -0.2) is 28.9 Å². The number of allylic oxidation sites excluding steroid dienone is 2. The molecule has 1 radical (unpaired) electrons. The van der Waals surface area contributed by atoms with E-state index in [4.69, 9.17) is 9.97 Å². The molecular weight excluding hydrogens is 797 g/mol. The van der Waals surface area contributed by atoms with Crippen LogP contribution in [0.3, 0.4) is 0 Å². The maximum absolute atomic E-state index is 12.2. The molecule has 1 N–H and O–H groups in total. The van der Waals surface area contributed by atoms with Gasteiger partial charge in [0.15, 0.2) is 5.78 Å². The number of aryl methyl sites for hydroxylation is 4. The number of rotatable bonds is 10. The van der Waals surface area contributed by atoms with Crippen molar-refractivity contribution in [2.75, 3.05) is 0 Å². The van der Waals surface area contributed by atoms with E-state index in [9.17, 15) is 9.90 Å². The van der Waals surface area contributed by atoms with Gasteiger partial charge in [0.05, 0.1) is 13.6 Å². The van der Waals surface area contributed by atoms with E-state index >= 15 is 0 Å². The van der Waals surface area contributed by atoms with Gasteiger partial charge in [0.1, 0.15) is 11.6 Å². The second kappa shape index (κ2) is 16.6. The third kappa shape index (κ3) is 9.17. The van der Waals surface area contributed by atoms with Gasteiger partial charge in [0, 0.05) is 48.3 Å². The molecule has 0 saturated carbocycles. The van der Waals surface area contributed by atoms with Crippen LogP contribution in [0, 0.1) is 44.6 Å². The van der Waals surface area contributed by atoms with Gasteiger partial charge < -0.3 is 5.11 Å². The Bertz CT molecular complexity index is 1810. The number of carbonyl (C=O) groups is 1. The van der Waals surface area contributed by atoms with Gasteiger partial charge in [-0.25, -0.2) is 4.98 Å². The predicted octanol–water partition coefficient (Wildman–Crippen LogP) is 11.8. The Morgan fingerprint density at radius 2 is 1.47 bits per heavy atom. The van der Waals surface area contributed by atoms with Crippen molar-refractivity contribution < 1.29 is 30.0 Å². The monoisotopic (exact) mass is 858 g/mol. The molecule has 1 heterocycles. The summed E-state index contributed by atoms with van der Waals surface area (Å²) >= 11 is 0. The van der Waals surface area contributed by atoms with Crippen molar-refractivity contribution in [3.8, 4) is 11.3 Å². The smallest absolute Gasteiger partial charge is 0.164 e. The number of hydrogen-bond donors (Lipinski definition) is 1.